The monoisotopic (exact) mass is 452 g/mol. The zero-order chi connectivity index (χ0) is 23.0. The van der Waals surface area contributed by atoms with Crippen LogP contribution in [0.3, 0.4) is 0 Å². The summed E-state index contributed by atoms with van der Waals surface area (Å²) in [4.78, 5) is 37.9. The molecule has 1 amide bonds. The third-order valence-corrected chi connectivity index (χ3v) is 5.76. The highest BCUT2D eigenvalue weighted by atomic mass is 32.1. The van der Waals surface area contributed by atoms with Crippen molar-refractivity contribution in [2.24, 2.45) is 0 Å². The van der Waals surface area contributed by atoms with Crippen molar-refractivity contribution in [1.29, 1.82) is 0 Å². The number of amides is 1. The van der Waals surface area contributed by atoms with E-state index in [9.17, 15) is 24.8 Å². The lowest BCUT2D eigenvalue weighted by molar-refractivity contribution is -0.384. The maximum atomic E-state index is 13.0. The van der Waals surface area contributed by atoms with E-state index < -0.39 is 28.4 Å². The first-order chi connectivity index (χ1) is 15.3. The van der Waals surface area contributed by atoms with Crippen molar-refractivity contribution in [2.75, 3.05) is 12.0 Å². The van der Waals surface area contributed by atoms with E-state index in [4.69, 9.17) is 4.74 Å². The Hall–Kier alpha value is -4.12. The molecule has 11 heteroatoms. The van der Waals surface area contributed by atoms with Crippen molar-refractivity contribution >= 4 is 39.6 Å². The van der Waals surface area contributed by atoms with Crippen molar-refractivity contribution < 1.29 is 24.4 Å². The molecule has 1 atom stereocenters. The van der Waals surface area contributed by atoms with Crippen LogP contribution in [0.2, 0.25) is 0 Å². The number of nitro benzene ring substituents is 1. The minimum atomic E-state index is -1.12. The minimum Gasteiger partial charge on any atom is -0.507 e. The summed E-state index contributed by atoms with van der Waals surface area (Å²) in [5.74, 6) is -1.71. The van der Waals surface area contributed by atoms with Crippen molar-refractivity contribution in [2.45, 2.75) is 13.0 Å². The predicted molar refractivity (Wildman–Crippen MR) is 116 cm³/mol. The maximum absolute atomic E-state index is 13.0. The molecule has 0 saturated carbocycles. The van der Waals surface area contributed by atoms with Gasteiger partial charge >= 0.3 is 5.91 Å². The van der Waals surface area contributed by atoms with Gasteiger partial charge in [-0.1, -0.05) is 23.5 Å². The average Bonchev–Trinajstić information content (AvgIpc) is 3.34. The molecular formula is C21H16N4O6S. The molecule has 0 spiro atoms. The summed E-state index contributed by atoms with van der Waals surface area (Å²) in [5.41, 5.74) is 0.147. The number of aliphatic hydroxyl groups is 1. The zero-order valence-corrected chi connectivity index (χ0v) is 17.7. The summed E-state index contributed by atoms with van der Waals surface area (Å²) >= 11 is 1.09. The van der Waals surface area contributed by atoms with Gasteiger partial charge in [-0.2, -0.15) is 0 Å². The second-order valence-corrected chi connectivity index (χ2v) is 8.01. The SMILES string of the molecule is COc1ccc(/C(O)=C2\C(=O)C(=O)N(c3nnc(C)s3)C2c2cccc([N+](=O)[O-])c2)cc1. The van der Waals surface area contributed by atoms with E-state index in [1.165, 1.54) is 25.3 Å². The number of nitro groups is 1. The van der Waals surface area contributed by atoms with Gasteiger partial charge in [0.15, 0.2) is 0 Å². The fraction of sp³-hybridized carbons (Fsp3) is 0.143. The van der Waals surface area contributed by atoms with Crippen molar-refractivity contribution in [1.82, 2.24) is 10.2 Å². The number of hydrogen-bond acceptors (Lipinski definition) is 9. The molecule has 0 bridgehead atoms. The Bertz CT molecular complexity index is 1270. The second kappa shape index (κ2) is 8.19. The van der Waals surface area contributed by atoms with E-state index in [0.29, 0.717) is 10.8 Å². The number of nitrogens with zero attached hydrogens (tertiary/aromatic N) is 4. The van der Waals surface area contributed by atoms with Gasteiger partial charge in [0.1, 0.15) is 16.5 Å². The van der Waals surface area contributed by atoms with Gasteiger partial charge in [-0.15, -0.1) is 10.2 Å². The van der Waals surface area contributed by atoms with Crippen molar-refractivity contribution in [3.05, 3.63) is 80.4 Å². The molecule has 2 heterocycles. The average molecular weight is 452 g/mol. The molecule has 1 aliphatic rings. The number of Topliss-reactive ketones (excluding diaryl/α,β-unsaturated/α-hetero) is 1. The number of non-ortho nitro benzene ring substituents is 1. The molecule has 162 valence electrons. The standard InChI is InChI=1S/C21H16N4O6S/c1-11-22-23-21(32-11)24-17(13-4-3-5-14(10-13)25(29)30)16(19(27)20(24)28)18(26)12-6-8-15(31-2)9-7-12/h3-10,17,26H,1-2H3/b18-16+. The van der Waals surface area contributed by atoms with Crippen LogP contribution in [0.5, 0.6) is 5.75 Å². The van der Waals surface area contributed by atoms with Crippen LogP contribution in [0.25, 0.3) is 5.76 Å². The topological polar surface area (TPSA) is 136 Å². The molecule has 1 N–H and O–H groups in total. The molecule has 1 fully saturated rings. The molecule has 1 saturated heterocycles. The number of ether oxygens (including phenoxy) is 1. The van der Waals surface area contributed by atoms with Crippen LogP contribution < -0.4 is 9.64 Å². The Morgan fingerprint density at radius 3 is 2.50 bits per heavy atom. The Balaban J connectivity index is 1.94. The van der Waals surface area contributed by atoms with Gasteiger partial charge in [0.2, 0.25) is 5.13 Å². The van der Waals surface area contributed by atoms with Crippen molar-refractivity contribution in [3.8, 4) is 5.75 Å². The summed E-state index contributed by atoms with van der Waals surface area (Å²) < 4.78 is 5.11. The third kappa shape index (κ3) is 3.58. The number of rotatable bonds is 5. The molecule has 32 heavy (non-hydrogen) atoms. The van der Waals surface area contributed by atoms with Gasteiger partial charge in [-0.05, 0) is 36.8 Å². The number of aliphatic hydroxyl groups excluding tert-OH is 1. The van der Waals surface area contributed by atoms with E-state index in [1.807, 2.05) is 0 Å². The molecule has 10 nitrogen and oxygen atoms in total. The lowest BCUT2D eigenvalue weighted by atomic mass is 9.95. The smallest absolute Gasteiger partial charge is 0.301 e. The first-order valence-electron chi connectivity index (χ1n) is 9.31. The lowest BCUT2D eigenvalue weighted by Crippen LogP contribution is -2.29. The van der Waals surface area contributed by atoms with Gasteiger partial charge in [-0.3, -0.25) is 24.6 Å². The molecule has 1 aromatic heterocycles. The van der Waals surface area contributed by atoms with Gasteiger partial charge in [-0.25, -0.2) is 0 Å². The predicted octanol–water partition coefficient (Wildman–Crippen LogP) is 3.39. The Kier molecular flexibility index (Phi) is 5.41. The van der Waals surface area contributed by atoms with Crippen LogP contribution in [0.1, 0.15) is 22.2 Å². The lowest BCUT2D eigenvalue weighted by Gasteiger charge is -2.22. The number of aryl methyl sites for hydroxylation is 1. The highest BCUT2D eigenvalue weighted by molar-refractivity contribution is 7.15. The van der Waals surface area contributed by atoms with Crippen LogP contribution in [0, 0.1) is 17.0 Å². The fourth-order valence-corrected chi connectivity index (χ4v) is 4.16. The summed E-state index contributed by atoms with van der Waals surface area (Å²) in [6, 6.07) is 10.7. The summed E-state index contributed by atoms with van der Waals surface area (Å²) in [6.07, 6.45) is 0. The van der Waals surface area contributed by atoms with E-state index in [-0.39, 0.29) is 27.5 Å². The van der Waals surface area contributed by atoms with E-state index in [1.54, 1.807) is 37.3 Å². The molecule has 0 aliphatic carbocycles. The largest absolute Gasteiger partial charge is 0.507 e. The number of anilines is 1. The van der Waals surface area contributed by atoms with Crippen LogP contribution in [-0.4, -0.2) is 39.0 Å². The van der Waals surface area contributed by atoms with Gasteiger partial charge in [0, 0.05) is 17.7 Å². The molecule has 4 rings (SSSR count). The normalized spacial score (nSPS) is 17.6. The third-order valence-electron chi connectivity index (χ3n) is 4.93. The minimum absolute atomic E-state index is 0.148. The molecule has 3 aromatic rings. The van der Waals surface area contributed by atoms with Crippen LogP contribution in [0.4, 0.5) is 10.8 Å². The fourth-order valence-electron chi connectivity index (χ4n) is 3.44. The first-order valence-corrected chi connectivity index (χ1v) is 10.1. The molecule has 0 radical (unpaired) electrons. The van der Waals surface area contributed by atoms with Crippen molar-refractivity contribution in [3.63, 3.8) is 0 Å². The number of carbonyl (C=O) groups is 2. The highest BCUT2D eigenvalue weighted by Gasteiger charge is 2.48. The Morgan fingerprint density at radius 2 is 1.91 bits per heavy atom. The number of ketones is 1. The Morgan fingerprint density at radius 1 is 1.19 bits per heavy atom. The summed E-state index contributed by atoms with van der Waals surface area (Å²) in [5, 5.41) is 30.9. The van der Waals surface area contributed by atoms with E-state index >= 15 is 0 Å². The van der Waals surface area contributed by atoms with E-state index in [0.717, 1.165) is 16.2 Å². The quantitative estimate of drug-likeness (QED) is 0.205. The van der Waals surface area contributed by atoms with E-state index in [2.05, 4.69) is 10.2 Å². The zero-order valence-electron chi connectivity index (χ0n) is 16.9. The number of benzene rings is 2. The highest BCUT2D eigenvalue weighted by Crippen LogP contribution is 2.43. The first kappa shape index (κ1) is 21.1. The van der Waals surface area contributed by atoms with Gasteiger partial charge < -0.3 is 9.84 Å². The number of carbonyl (C=O) groups excluding carboxylic acids is 2. The molecule has 1 aliphatic heterocycles. The van der Waals surface area contributed by atoms with Crippen LogP contribution in [-0.2, 0) is 9.59 Å². The van der Waals surface area contributed by atoms with Gasteiger partial charge in [0.05, 0.1) is 23.6 Å². The second-order valence-electron chi connectivity index (χ2n) is 6.85. The maximum Gasteiger partial charge on any atom is 0.301 e. The number of aromatic nitrogens is 2. The number of methoxy groups -OCH3 is 1. The molecule has 2 aromatic carbocycles. The summed E-state index contributed by atoms with van der Waals surface area (Å²) in [7, 11) is 1.49. The van der Waals surface area contributed by atoms with Crippen LogP contribution >= 0.6 is 11.3 Å². The Labute approximate surface area is 185 Å². The van der Waals surface area contributed by atoms with Crippen LogP contribution in [0.15, 0.2) is 54.1 Å². The number of hydrogen-bond donors (Lipinski definition) is 1. The molecule has 1 unspecified atom stereocenters. The molecular weight excluding hydrogens is 436 g/mol. The summed E-state index contributed by atoms with van der Waals surface area (Å²) in [6.45, 7) is 1.69. The van der Waals surface area contributed by atoms with Gasteiger partial charge in [0.25, 0.3) is 11.5 Å².